The molecule has 3 aromatic heterocycles. The van der Waals surface area contributed by atoms with Gasteiger partial charge in [-0.15, -0.1) is 15.3 Å². The lowest BCUT2D eigenvalue weighted by Gasteiger charge is -2.37. The zero-order valence-corrected chi connectivity index (χ0v) is 15.2. The molecule has 0 aliphatic carbocycles. The monoisotopic (exact) mass is 381 g/mol. The number of aryl methyl sites for hydroxylation is 1. The van der Waals surface area contributed by atoms with Crippen LogP contribution in [0, 0.1) is 18.6 Å². The van der Waals surface area contributed by atoms with Crippen molar-refractivity contribution in [2.45, 2.75) is 6.92 Å². The van der Waals surface area contributed by atoms with Crippen LogP contribution in [0.5, 0.6) is 0 Å². The van der Waals surface area contributed by atoms with Gasteiger partial charge in [0.2, 0.25) is 0 Å². The van der Waals surface area contributed by atoms with Crippen LogP contribution in [0.3, 0.4) is 0 Å². The largest absolute Gasteiger partial charge is 0.367 e. The van der Waals surface area contributed by atoms with Crippen LogP contribution in [-0.2, 0) is 0 Å². The number of fused-ring (bicyclic) bond motifs is 2. The number of piperazine rings is 1. The third-order valence-corrected chi connectivity index (χ3v) is 5.09. The van der Waals surface area contributed by atoms with Crippen molar-refractivity contribution in [3.05, 3.63) is 54.0 Å². The molecule has 142 valence electrons. The molecule has 1 saturated heterocycles. The molecule has 0 amide bonds. The molecule has 0 radical (unpaired) electrons. The Kier molecular flexibility index (Phi) is 3.81. The molecule has 0 unspecified atom stereocenters. The molecular formula is C19H17F2N7. The minimum absolute atomic E-state index is 0.191. The molecule has 1 aliphatic heterocycles. The number of halogens is 2. The third kappa shape index (κ3) is 2.70. The number of pyridine rings is 1. The summed E-state index contributed by atoms with van der Waals surface area (Å²) in [6, 6.07) is 7.85. The highest BCUT2D eigenvalue weighted by Gasteiger charge is 2.21. The van der Waals surface area contributed by atoms with Crippen LogP contribution < -0.4 is 9.80 Å². The topological polar surface area (TPSA) is 62.5 Å². The predicted octanol–water partition coefficient (Wildman–Crippen LogP) is 2.59. The van der Waals surface area contributed by atoms with Gasteiger partial charge in [0, 0.05) is 49.5 Å². The fourth-order valence-corrected chi connectivity index (χ4v) is 3.67. The Morgan fingerprint density at radius 3 is 2.54 bits per heavy atom. The molecule has 0 spiro atoms. The van der Waals surface area contributed by atoms with E-state index in [1.165, 1.54) is 6.07 Å². The summed E-state index contributed by atoms with van der Waals surface area (Å²) in [5, 5.41) is 13.2. The summed E-state index contributed by atoms with van der Waals surface area (Å²) in [4.78, 5) is 8.38. The summed E-state index contributed by atoms with van der Waals surface area (Å²) in [5.74, 6) is 0.353. The predicted molar refractivity (Wildman–Crippen MR) is 102 cm³/mol. The lowest BCUT2D eigenvalue weighted by atomic mass is 10.1. The molecule has 1 aliphatic rings. The number of hydrogen-bond acceptors (Lipinski definition) is 6. The van der Waals surface area contributed by atoms with E-state index in [-0.39, 0.29) is 5.52 Å². The summed E-state index contributed by atoms with van der Waals surface area (Å²) in [5.41, 5.74) is 1.70. The number of hydrogen-bond donors (Lipinski definition) is 0. The first-order chi connectivity index (χ1) is 13.6. The molecule has 4 aromatic rings. The highest BCUT2D eigenvalue weighted by Crippen LogP contribution is 2.29. The van der Waals surface area contributed by atoms with Crippen molar-refractivity contribution in [1.82, 2.24) is 24.8 Å². The van der Waals surface area contributed by atoms with Gasteiger partial charge in [0.25, 0.3) is 0 Å². The van der Waals surface area contributed by atoms with Gasteiger partial charge in [0.15, 0.2) is 17.3 Å². The number of anilines is 2. The van der Waals surface area contributed by atoms with E-state index in [0.717, 1.165) is 36.5 Å². The Bertz CT molecular complexity index is 1180. The Labute approximate surface area is 159 Å². The minimum Gasteiger partial charge on any atom is -0.367 e. The van der Waals surface area contributed by atoms with Crippen LogP contribution in [0.4, 0.5) is 20.3 Å². The zero-order chi connectivity index (χ0) is 19.3. The quantitative estimate of drug-likeness (QED) is 0.532. The summed E-state index contributed by atoms with van der Waals surface area (Å²) < 4.78 is 29.5. The second-order valence-corrected chi connectivity index (χ2v) is 6.80. The second kappa shape index (κ2) is 6.36. The Balaban J connectivity index is 1.41. The standard InChI is InChI=1S/C19H17F2N7/c1-12-23-24-17-2-3-18(25-28(12)17)27-8-6-26(7-9-27)16-4-5-22-19-14(16)10-13(20)11-15(19)21/h2-5,10-11H,6-9H2,1H3. The minimum atomic E-state index is -0.641. The fraction of sp³-hybridized carbons (Fsp3) is 0.263. The van der Waals surface area contributed by atoms with Crippen LogP contribution >= 0.6 is 0 Å². The van der Waals surface area contributed by atoms with Crippen molar-refractivity contribution in [1.29, 1.82) is 0 Å². The number of nitrogens with zero attached hydrogens (tertiary/aromatic N) is 7. The van der Waals surface area contributed by atoms with Crippen molar-refractivity contribution in [3.8, 4) is 0 Å². The highest BCUT2D eigenvalue weighted by molar-refractivity contribution is 5.92. The molecule has 0 saturated carbocycles. The van der Waals surface area contributed by atoms with Crippen molar-refractivity contribution >= 4 is 28.1 Å². The van der Waals surface area contributed by atoms with Gasteiger partial charge in [-0.1, -0.05) is 0 Å². The normalized spacial score (nSPS) is 15.0. The molecule has 28 heavy (non-hydrogen) atoms. The average molecular weight is 381 g/mol. The van der Waals surface area contributed by atoms with E-state index in [1.54, 1.807) is 10.7 Å². The molecular weight excluding hydrogens is 364 g/mol. The van der Waals surface area contributed by atoms with Crippen LogP contribution in [0.1, 0.15) is 5.82 Å². The number of aromatic nitrogens is 5. The first-order valence-electron chi connectivity index (χ1n) is 9.03. The van der Waals surface area contributed by atoms with E-state index in [2.05, 4.69) is 30.1 Å². The van der Waals surface area contributed by atoms with E-state index in [0.29, 0.717) is 24.1 Å². The van der Waals surface area contributed by atoms with E-state index in [4.69, 9.17) is 0 Å². The molecule has 4 heterocycles. The van der Waals surface area contributed by atoms with Gasteiger partial charge < -0.3 is 9.80 Å². The molecule has 1 aromatic carbocycles. The summed E-state index contributed by atoms with van der Waals surface area (Å²) in [7, 11) is 0. The lowest BCUT2D eigenvalue weighted by molar-refractivity contribution is 0.590. The first kappa shape index (κ1) is 16.8. The van der Waals surface area contributed by atoms with Gasteiger partial charge in [-0.2, -0.15) is 4.52 Å². The third-order valence-electron chi connectivity index (χ3n) is 5.09. The maximum Gasteiger partial charge on any atom is 0.178 e. The molecule has 7 nitrogen and oxygen atoms in total. The lowest BCUT2D eigenvalue weighted by Crippen LogP contribution is -2.47. The Morgan fingerprint density at radius 2 is 1.71 bits per heavy atom. The maximum atomic E-state index is 14.1. The zero-order valence-electron chi connectivity index (χ0n) is 15.2. The molecule has 5 rings (SSSR count). The van der Waals surface area contributed by atoms with Crippen LogP contribution in [0.25, 0.3) is 16.6 Å². The average Bonchev–Trinajstić information content (AvgIpc) is 3.08. The number of rotatable bonds is 2. The first-order valence-corrected chi connectivity index (χ1v) is 9.03. The molecule has 0 bridgehead atoms. The molecule has 0 atom stereocenters. The van der Waals surface area contributed by atoms with Crippen molar-refractivity contribution in [2.75, 3.05) is 36.0 Å². The molecule has 0 N–H and O–H groups in total. The van der Waals surface area contributed by atoms with Gasteiger partial charge in [0.05, 0.1) is 0 Å². The summed E-state index contributed by atoms with van der Waals surface area (Å²) in [6.45, 7) is 4.75. The highest BCUT2D eigenvalue weighted by atomic mass is 19.1. The van der Waals surface area contributed by atoms with Crippen LogP contribution in [0.2, 0.25) is 0 Å². The van der Waals surface area contributed by atoms with Crippen LogP contribution in [0.15, 0.2) is 36.5 Å². The van der Waals surface area contributed by atoms with E-state index in [1.807, 2.05) is 25.1 Å². The SMILES string of the molecule is Cc1nnc2ccc(N3CCN(c4ccnc5c(F)cc(F)cc45)CC3)nn12. The second-order valence-electron chi connectivity index (χ2n) is 6.80. The van der Waals surface area contributed by atoms with Crippen LogP contribution in [-0.4, -0.2) is 51.0 Å². The van der Waals surface area contributed by atoms with Crippen molar-refractivity contribution in [3.63, 3.8) is 0 Å². The smallest absolute Gasteiger partial charge is 0.178 e. The van der Waals surface area contributed by atoms with E-state index < -0.39 is 11.6 Å². The fourth-order valence-electron chi connectivity index (χ4n) is 3.67. The van der Waals surface area contributed by atoms with E-state index >= 15 is 0 Å². The van der Waals surface area contributed by atoms with Crippen molar-refractivity contribution in [2.24, 2.45) is 0 Å². The Morgan fingerprint density at radius 1 is 0.929 bits per heavy atom. The molecule has 1 fully saturated rings. The Hall–Kier alpha value is -3.36. The van der Waals surface area contributed by atoms with Gasteiger partial charge >= 0.3 is 0 Å². The summed E-state index contributed by atoms with van der Waals surface area (Å²) in [6.07, 6.45) is 1.56. The maximum absolute atomic E-state index is 14.1. The number of benzene rings is 1. The van der Waals surface area contributed by atoms with Gasteiger partial charge in [-0.25, -0.2) is 8.78 Å². The van der Waals surface area contributed by atoms with Gasteiger partial charge in [-0.3, -0.25) is 4.98 Å². The van der Waals surface area contributed by atoms with Gasteiger partial charge in [0.1, 0.15) is 17.2 Å². The van der Waals surface area contributed by atoms with Crippen molar-refractivity contribution < 1.29 is 8.78 Å². The van der Waals surface area contributed by atoms with Gasteiger partial charge in [-0.05, 0) is 31.2 Å². The molecule has 9 heteroatoms. The summed E-state index contributed by atoms with van der Waals surface area (Å²) >= 11 is 0. The van der Waals surface area contributed by atoms with E-state index in [9.17, 15) is 8.78 Å².